The molecule has 0 rings (SSSR count). The molecule has 16 heavy (non-hydrogen) atoms. The van der Waals surface area contributed by atoms with Crippen LogP contribution in [-0.4, -0.2) is 23.1 Å². The van der Waals surface area contributed by atoms with E-state index in [4.69, 9.17) is 5.11 Å². The summed E-state index contributed by atoms with van der Waals surface area (Å²) in [6.07, 6.45) is 9.23. The number of unbranched alkanes of at least 4 members (excludes halogenated alkanes) is 1. The van der Waals surface area contributed by atoms with Crippen molar-refractivity contribution < 1.29 is 19.5 Å². The molecule has 0 aliphatic heterocycles. The maximum Gasteiger partial charge on any atom is 0.303 e. The zero-order valence-corrected chi connectivity index (χ0v) is 9.09. The van der Waals surface area contributed by atoms with Crippen molar-refractivity contribution in [2.45, 2.75) is 32.1 Å². The van der Waals surface area contributed by atoms with Crippen LogP contribution < -0.4 is 0 Å². The molecule has 0 aromatic rings. The first-order valence-corrected chi connectivity index (χ1v) is 5.18. The van der Waals surface area contributed by atoms with Gasteiger partial charge in [-0.25, -0.2) is 0 Å². The van der Waals surface area contributed by atoms with Gasteiger partial charge in [0.1, 0.15) is 6.29 Å². The Morgan fingerprint density at radius 3 is 2.38 bits per heavy atom. The Morgan fingerprint density at radius 1 is 1.06 bits per heavy atom. The fourth-order valence-corrected chi connectivity index (χ4v) is 1.06. The molecule has 0 radical (unpaired) electrons. The minimum atomic E-state index is -0.789. The van der Waals surface area contributed by atoms with Crippen LogP contribution >= 0.6 is 0 Å². The van der Waals surface area contributed by atoms with Crippen molar-refractivity contribution in [1.82, 2.24) is 0 Å². The molecule has 0 aromatic carbocycles. The summed E-state index contributed by atoms with van der Waals surface area (Å²) in [5.74, 6) is -0.870. The molecule has 0 fully saturated rings. The van der Waals surface area contributed by atoms with E-state index in [0.29, 0.717) is 32.0 Å². The van der Waals surface area contributed by atoms with Crippen molar-refractivity contribution in [1.29, 1.82) is 0 Å². The van der Waals surface area contributed by atoms with Crippen LogP contribution in [0.4, 0.5) is 0 Å². The van der Waals surface area contributed by atoms with Crippen molar-refractivity contribution in [2.24, 2.45) is 0 Å². The van der Waals surface area contributed by atoms with E-state index in [1.807, 2.05) is 12.2 Å². The van der Waals surface area contributed by atoms with Crippen LogP contribution in [0, 0.1) is 0 Å². The Kier molecular flexibility index (Phi) is 8.78. The normalized spacial score (nSPS) is 11.0. The molecule has 0 atom stereocenters. The molecule has 88 valence electrons. The molecule has 4 nitrogen and oxygen atoms in total. The highest BCUT2D eigenvalue weighted by molar-refractivity contribution is 5.92. The molecule has 0 amide bonds. The van der Waals surface area contributed by atoms with Crippen molar-refractivity contribution in [3.63, 3.8) is 0 Å². The topological polar surface area (TPSA) is 71.4 Å². The molecule has 0 bridgehead atoms. The minimum Gasteiger partial charge on any atom is -0.481 e. The van der Waals surface area contributed by atoms with Crippen molar-refractivity contribution in [3.05, 3.63) is 24.3 Å². The molecule has 1 N–H and O–H groups in total. The SMILES string of the molecule is O=C/C=C\C(=O)CC/C=C\CCCC(=O)O. The summed E-state index contributed by atoms with van der Waals surface area (Å²) in [5.41, 5.74) is 0. The Bertz CT molecular complexity index is 289. The largest absolute Gasteiger partial charge is 0.481 e. The van der Waals surface area contributed by atoms with E-state index < -0.39 is 5.97 Å². The van der Waals surface area contributed by atoms with Gasteiger partial charge in [0.2, 0.25) is 0 Å². The second kappa shape index (κ2) is 9.83. The Morgan fingerprint density at radius 2 is 1.75 bits per heavy atom. The smallest absolute Gasteiger partial charge is 0.303 e. The molecule has 0 aliphatic carbocycles. The number of carboxylic acids is 1. The fourth-order valence-electron chi connectivity index (χ4n) is 1.06. The van der Waals surface area contributed by atoms with Gasteiger partial charge >= 0.3 is 5.97 Å². The van der Waals surface area contributed by atoms with Crippen LogP contribution in [0.1, 0.15) is 32.1 Å². The van der Waals surface area contributed by atoms with E-state index >= 15 is 0 Å². The van der Waals surface area contributed by atoms with Gasteiger partial charge in [-0.2, -0.15) is 0 Å². The maximum absolute atomic E-state index is 11.0. The Hall–Kier alpha value is -1.71. The summed E-state index contributed by atoms with van der Waals surface area (Å²) < 4.78 is 0. The number of carbonyl (C=O) groups excluding carboxylic acids is 2. The summed E-state index contributed by atoms with van der Waals surface area (Å²) in [5, 5.41) is 8.37. The molecule has 0 saturated carbocycles. The molecular weight excluding hydrogens is 208 g/mol. The molecule has 0 heterocycles. The summed E-state index contributed by atoms with van der Waals surface area (Å²) in [6, 6.07) is 0. The van der Waals surface area contributed by atoms with Crippen molar-refractivity contribution in [2.75, 3.05) is 0 Å². The van der Waals surface area contributed by atoms with Gasteiger partial charge < -0.3 is 5.11 Å². The van der Waals surface area contributed by atoms with Crippen LogP contribution in [0.15, 0.2) is 24.3 Å². The average Bonchev–Trinajstić information content (AvgIpc) is 2.24. The van der Waals surface area contributed by atoms with E-state index in [2.05, 4.69) is 0 Å². The van der Waals surface area contributed by atoms with Gasteiger partial charge in [0.05, 0.1) is 0 Å². The summed E-state index contributed by atoms with van der Waals surface area (Å²) in [6.45, 7) is 0. The average molecular weight is 224 g/mol. The Labute approximate surface area is 94.7 Å². The van der Waals surface area contributed by atoms with Gasteiger partial charge in [0.25, 0.3) is 0 Å². The predicted molar refractivity (Wildman–Crippen MR) is 60.1 cm³/mol. The van der Waals surface area contributed by atoms with Gasteiger partial charge in [-0.3, -0.25) is 14.4 Å². The van der Waals surface area contributed by atoms with Crippen molar-refractivity contribution >= 4 is 18.0 Å². The van der Waals surface area contributed by atoms with Crippen LogP contribution in [0.5, 0.6) is 0 Å². The van der Waals surface area contributed by atoms with Gasteiger partial charge in [-0.05, 0) is 31.4 Å². The lowest BCUT2D eigenvalue weighted by Crippen LogP contribution is -1.92. The zero-order valence-electron chi connectivity index (χ0n) is 9.09. The van der Waals surface area contributed by atoms with E-state index in [9.17, 15) is 14.4 Å². The quantitative estimate of drug-likeness (QED) is 0.281. The molecule has 0 unspecified atom stereocenters. The number of hydrogen-bond donors (Lipinski definition) is 1. The molecule has 4 heteroatoms. The first-order valence-electron chi connectivity index (χ1n) is 5.18. The number of allylic oxidation sites excluding steroid dienone is 4. The number of rotatable bonds is 9. The fraction of sp³-hybridized carbons (Fsp3) is 0.417. The summed E-state index contributed by atoms with van der Waals surface area (Å²) in [4.78, 5) is 31.1. The second-order valence-electron chi connectivity index (χ2n) is 3.26. The zero-order chi connectivity index (χ0) is 12.2. The first-order chi connectivity index (χ1) is 7.66. The summed E-state index contributed by atoms with van der Waals surface area (Å²) in [7, 11) is 0. The van der Waals surface area contributed by atoms with Crippen LogP contribution in [-0.2, 0) is 14.4 Å². The van der Waals surface area contributed by atoms with E-state index in [0.717, 1.165) is 0 Å². The predicted octanol–water partition coefficient (Wildman–Crippen LogP) is 1.90. The third-order valence-corrected chi connectivity index (χ3v) is 1.85. The minimum absolute atomic E-state index is 0.0812. The van der Waals surface area contributed by atoms with E-state index in [1.54, 1.807) is 0 Å². The van der Waals surface area contributed by atoms with Gasteiger partial charge in [0, 0.05) is 12.8 Å². The van der Waals surface area contributed by atoms with Gasteiger partial charge in [-0.1, -0.05) is 12.2 Å². The highest BCUT2D eigenvalue weighted by atomic mass is 16.4. The van der Waals surface area contributed by atoms with Crippen LogP contribution in [0.2, 0.25) is 0 Å². The monoisotopic (exact) mass is 224 g/mol. The standard InChI is InChI=1S/C12H16O4/c13-10-6-8-11(14)7-4-2-1-3-5-9-12(15)16/h1-2,6,8,10H,3-5,7,9H2,(H,15,16)/b2-1-,8-6-. The first kappa shape index (κ1) is 14.3. The second-order valence-corrected chi connectivity index (χ2v) is 3.26. The third-order valence-electron chi connectivity index (χ3n) is 1.85. The number of aldehydes is 1. The van der Waals surface area contributed by atoms with Crippen LogP contribution in [0.3, 0.4) is 0 Å². The Balaban J connectivity index is 3.47. The lowest BCUT2D eigenvalue weighted by molar-refractivity contribution is -0.137. The molecular formula is C12H16O4. The highest BCUT2D eigenvalue weighted by Gasteiger charge is 1.94. The molecule has 0 aliphatic rings. The lowest BCUT2D eigenvalue weighted by atomic mass is 10.1. The third kappa shape index (κ3) is 10.4. The number of aliphatic carboxylic acids is 1. The van der Waals surface area contributed by atoms with E-state index in [1.165, 1.54) is 12.2 Å². The summed E-state index contributed by atoms with van der Waals surface area (Å²) >= 11 is 0. The number of hydrogen-bond acceptors (Lipinski definition) is 3. The molecule has 0 aromatic heterocycles. The highest BCUT2D eigenvalue weighted by Crippen LogP contribution is 1.99. The van der Waals surface area contributed by atoms with E-state index in [-0.39, 0.29) is 12.2 Å². The lowest BCUT2D eigenvalue weighted by Gasteiger charge is -1.91. The maximum atomic E-state index is 11.0. The number of carbonyl (C=O) groups is 3. The number of carboxylic acid groups (broad SMARTS) is 1. The van der Waals surface area contributed by atoms with Crippen molar-refractivity contribution in [3.8, 4) is 0 Å². The van der Waals surface area contributed by atoms with Crippen LogP contribution in [0.25, 0.3) is 0 Å². The molecule has 0 spiro atoms. The number of ketones is 1. The van der Waals surface area contributed by atoms with Gasteiger partial charge in [0.15, 0.2) is 5.78 Å². The molecule has 0 saturated heterocycles. The van der Waals surface area contributed by atoms with Gasteiger partial charge in [-0.15, -0.1) is 0 Å².